The number of hydrogen-bond donors (Lipinski definition) is 3. The van der Waals surface area contributed by atoms with Gasteiger partial charge in [-0.25, -0.2) is 0 Å². The highest BCUT2D eigenvalue weighted by atomic mass is 16.3. The second-order valence-electron chi connectivity index (χ2n) is 6.61. The summed E-state index contributed by atoms with van der Waals surface area (Å²) in [6.45, 7) is 5.81. The molecular formula is C16H32N2O2. The largest absolute Gasteiger partial charge is 0.393 e. The molecule has 0 saturated heterocycles. The van der Waals surface area contributed by atoms with Crippen molar-refractivity contribution in [1.29, 1.82) is 0 Å². The normalized spacial score (nSPS) is 24.6. The van der Waals surface area contributed by atoms with Gasteiger partial charge >= 0.3 is 0 Å². The summed E-state index contributed by atoms with van der Waals surface area (Å²) in [6, 6.07) is 0. The lowest BCUT2D eigenvalue weighted by atomic mass is 9.87. The van der Waals surface area contributed by atoms with E-state index in [0.29, 0.717) is 30.7 Å². The highest BCUT2D eigenvalue weighted by Gasteiger charge is 2.21. The summed E-state index contributed by atoms with van der Waals surface area (Å²) < 4.78 is 0. The molecule has 0 aromatic rings. The summed E-state index contributed by atoms with van der Waals surface area (Å²) in [6.07, 6.45) is 6.31. The van der Waals surface area contributed by atoms with Gasteiger partial charge in [0.15, 0.2) is 0 Å². The van der Waals surface area contributed by atoms with Gasteiger partial charge in [0.2, 0.25) is 5.91 Å². The lowest BCUT2D eigenvalue weighted by Crippen LogP contribution is -2.33. The molecule has 0 radical (unpaired) electrons. The second-order valence-corrected chi connectivity index (χ2v) is 6.61. The Morgan fingerprint density at radius 3 is 2.70 bits per heavy atom. The van der Waals surface area contributed by atoms with Crippen LogP contribution in [-0.4, -0.2) is 30.2 Å². The fraction of sp³-hybridized carbons (Fsp3) is 0.938. The number of amides is 1. The van der Waals surface area contributed by atoms with Gasteiger partial charge in [0.1, 0.15) is 0 Å². The molecule has 118 valence electrons. The maximum atomic E-state index is 11.9. The Bertz CT molecular complexity index is 282. The van der Waals surface area contributed by atoms with Gasteiger partial charge in [-0.1, -0.05) is 20.3 Å². The second kappa shape index (κ2) is 9.35. The molecule has 1 fully saturated rings. The standard InChI is InChI=1S/C16H32N2O2/c1-12(2)14(8-9-17)6-7-16(20)18-11-13-4-3-5-15(19)10-13/h12-15,19H,3-11,17H2,1-2H3,(H,18,20). The number of aliphatic hydroxyl groups excluding tert-OH is 1. The number of nitrogens with one attached hydrogen (secondary N) is 1. The minimum absolute atomic E-state index is 0.146. The van der Waals surface area contributed by atoms with Crippen LogP contribution in [-0.2, 0) is 4.79 Å². The Kier molecular flexibility index (Phi) is 8.15. The van der Waals surface area contributed by atoms with Crippen molar-refractivity contribution in [3.05, 3.63) is 0 Å². The zero-order valence-electron chi connectivity index (χ0n) is 13.1. The molecule has 0 aromatic heterocycles. The van der Waals surface area contributed by atoms with Crippen LogP contribution < -0.4 is 11.1 Å². The van der Waals surface area contributed by atoms with Crippen molar-refractivity contribution in [2.45, 2.75) is 64.9 Å². The molecule has 0 aliphatic heterocycles. The first-order valence-corrected chi connectivity index (χ1v) is 8.17. The minimum atomic E-state index is -0.166. The molecule has 3 atom stereocenters. The van der Waals surface area contributed by atoms with E-state index >= 15 is 0 Å². The minimum Gasteiger partial charge on any atom is -0.393 e. The Morgan fingerprint density at radius 1 is 1.35 bits per heavy atom. The topological polar surface area (TPSA) is 75.4 Å². The summed E-state index contributed by atoms with van der Waals surface area (Å²) >= 11 is 0. The lowest BCUT2D eigenvalue weighted by molar-refractivity contribution is -0.121. The molecule has 4 nitrogen and oxygen atoms in total. The quantitative estimate of drug-likeness (QED) is 0.638. The van der Waals surface area contributed by atoms with Crippen LogP contribution in [0.1, 0.15) is 58.8 Å². The molecule has 1 amide bonds. The van der Waals surface area contributed by atoms with Crippen LogP contribution >= 0.6 is 0 Å². The molecule has 0 bridgehead atoms. The molecule has 1 saturated carbocycles. The highest BCUT2D eigenvalue weighted by Crippen LogP contribution is 2.24. The fourth-order valence-corrected chi connectivity index (χ4v) is 3.14. The van der Waals surface area contributed by atoms with Crippen LogP contribution in [0.15, 0.2) is 0 Å². The van der Waals surface area contributed by atoms with Gasteiger partial charge in [-0.2, -0.15) is 0 Å². The lowest BCUT2D eigenvalue weighted by Gasteiger charge is -2.26. The predicted octanol–water partition coefficient (Wildman–Crippen LogP) is 2.05. The van der Waals surface area contributed by atoms with E-state index in [1.807, 2.05) is 0 Å². The van der Waals surface area contributed by atoms with E-state index in [1.54, 1.807) is 0 Å². The van der Waals surface area contributed by atoms with Crippen LogP contribution in [0.25, 0.3) is 0 Å². The molecule has 4 N–H and O–H groups in total. The van der Waals surface area contributed by atoms with Crippen LogP contribution in [0.3, 0.4) is 0 Å². The Morgan fingerprint density at radius 2 is 2.10 bits per heavy atom. The van der Waals surface area contributed by atoms with Gasteiger partial charge in [-0.05, 0) is 56.4 Å². The molecule has 3 unspecified atom stereocenters. The SMILES string of the molecule is CC(C)C(CCN)CCC(=O)NCC1CCCC(O)C1. The van der Waals surface area contributed by atoms with Crippen molar-refractivity contribution in [2.75, 3.05) is 13.1 Å². The first kappa shape index (κ1) is 17.4. The van der Waals surface area contributed by atoms with Crippen molar-refractivity contribution in [2.24, 2.45) is 23.5 Å². The molecule has 1 aliphatic rings. The van der Waals surface area contributed by atoms with Gasteiger partial charge in [-0.15, -0.1) is 0 Å². The molecular weight excluding hydrogens is 252 g/mol. The first-order chi connectivity index (χ1) is 9.52. The van der Waals surface area contributed by atoms with Crippen molar-refractivity contribution in [3.8, 4) is 0 Å². The van der Waals surface area contributed by atoms with E-state index in [-0.39, 0.29) is 12.0 Å². The number of hydrogen-bond acceptors (Lipinski definition) is 3. The maximum absolute atomic E-state index is 11.9. The van der Waals surface area contributed by atoms with Crippen LogP contribution in [0.5, 0.6) is 0 Å². The van der Waals surface area contributed by atoms with E-state index in [2.05, 4.69) is 19.2 Å². The van der Waals surface area contributed by atoms with Crippen molar-refractivity contribution < 1.29 is 9.90 Å². The smallest absolute Gasteiger partial charge is 0.220 e. The third-order valence-electron chi connectivity index (χ3n) is 4.57. The number of carbonyl (C=O) groups excluding carboxylic acids is 1. The summed E-state index contributed by atoms with van der Waals surface area (Å²) in [7, 11) is 0. The Balaban J connectivity index is 2.19. The number of carbonyl (C=O) groups is 1. The zero-order chi connectivity index (χ0) is 15.0. The van der Waals surface area contributed by atoms with E-state index in [1.165, 1.54) is 0 Å². The Labute approximate surface area is 123 Å². The zero-order valence-corrected chi connectivity index (χ0v) is 13.1. The van der Waals surface area contributed by atoms with Gasteiger partial charge in [-0.3, -0.25) is 4.79 Å². The van der Waals surface area contributed by atoms with Crippen molar-refractivity contribution in [3.63, 3.8) is 0 Å². The van der Waals surface area contributed by atoms with E-state index in [4.69, 9.17) is 5.73 Å². The third-order valence-corrected chi connectivity index (χ3v) is 4.57. The molecule has 20 heavy (non-hydrogen) atoms. The molecule has 0 heterocycles. The number of nitrogens with two attached hydrogens (primary N) is 1. The number of rotatable bonds is 8. The van der Waals surface area contributed by atoms with Gasteiger partial charge in [0, 0.05) is 13.0 Å². The molecule has 4 heteroatoms. The third kappa shape index (κ3) is 6.71. The van der Waals surface area contributed by atoms with Gasteiger partial charge in [0.05, 0.1) is 6.10 Å². The van der Waals surface area contributed by atoms with Crippen LogP contribution in [0.2, 0.25) is 0 Å². The summed E-state index contributed by atoms with van der Waals surface area (Å²) in [5, 5.41) is 12.6. The van der Waals surface area contributed by atoms with E-state index < -0.39 is 0 Å². The van der Waals surface area contributed by atoms with Crippen molar-refractivity contribution >= 4 is 5.91 Å². The number of aliphatic hydroxyl groups is 1. The average Bonchev–Trinajstić information content (AvgIpc) is 2.41. The highest BCUT2D eigenvalue weighted by molar-refractivity contribution is 5.75. The van der Waals surface area contributed by atoms with E-state index in [9.17, 15) is 9.90 Å². The Hall–Kier alpha value is -0.610. The monoisotopic (exact) mass is 284 g/mol. The summed E-state index contributed by atoms with van der Waals surface area (Å²) in [5.41, 5.74) is 5.62. The fourth-order valence-electron chi connectivity index (χ4n) is 3.14. The first-order valence-electron chi connectivity index (χ1n) is 8.17. The maximum Gasteiger partial charge on any atom is 0.220 e. The molecule has 1 aliphatic carbocycles. The van der Waals surface area contributed by atoms with Crippen molar-refractivity contribution in [1.82, 2.24) is 5.32 Å². The van der Waals surface area contributed by atoms with Crippen LogP contribution in [0.4, 0.5) is 0 Å². The van der Waals surface area contributed by atoms with Gasteiger partial charge in [0.25, 0.3) is 0 Å². The van der Waals surface area contributed by atoms with Gasteiger partial charge < -0.3 is 16.2 Å². The van der Waals surface area contributed by atoms with Crippen LogP contribution in [0, 0.1) is 17.8 Å². The predicted molar refractivity (Wildman–Crippen MR) is 82.2 cm³/mol. The molecule has 0 spiro atoms. The molecule has 0 aromatic carbocycles. The summed E-state index contributed by atoms with van der Waals surface area (Å²) in [5.74, 6) is 1.72. The average molecular weight is 284 g/mol. The molecule has 1 rings (SSSR count). The summed E-state index contributed by atoms with van der Waals surface area (Å²) in [4.78, 5) is 11.9. The van der Waals surface area contributed by atoms with E-state index in [0.717, 1.165) is 45.1 Å².